The van der Waals surface area contributed by atoms with E-state index in [1.165, 1.54) is 0 Å². The average molecular weight is 338 g/mol. The van der Waals surface area contributed by atoms with Gasteiger partial charge in [0.05, 0.1) is 20.1 Å². The molecule has 0 N–H and O–H groups in total. The number of hydrogen-bond acceptors (Lipinski definition) is 0. The Hall–Kier alpha value is -0.110. The van der Waals surface area contributed by atoms with Gasteiger partial charge >= 0.3 is 0 Å². The highest BCUT2D eigenvalue weighted by atomic mass is 35.5. The Morgan fingerprint density at radius 3 is 2.11 bits per heavy atom. The van der Waals surface area contributed by atoms with Crippen LogP contribution in [0.2, 0.25) is 25.1 Å². The first-order valence-corrected chi connectivity index (χ1v) is 7.04. The van der Waals surface area contributed by atoms with E-state index < -0.39 is 0 Å². The van der Waals surface area contributed by atoms with Crippen molar-refractivity contribution in [3.63, 3.8) is 0 Å². The first-order chi connectivity index (χ1) is 8.52. The van der Waals surface area contributed by atoms with Crippen molar-refractivity contribution < 1.29 is 0 Å². The lowest BCUT2D eigenvalue weighted by Crippen LogP contribution is -1.87. The van der Waals surface area contributed by atoms with Crippen molar-refractivity contribution >= 4 is 58.0 Å². The van der Waals surface area contributed by atoms with Crippen LogP contribution in [0, 0.1) is 0 Å². The van der Waals surface area contributed by atoms with Gasteiger partial charge in [-0.3, -0.25) is 0 Å². The number of hydrogen-bond donors (Lipinski definition) is 0. The van der Waals surface area contributed by atoms with Crippen LogP contribution in [0.4, 0.5) is 0 Å². The minimum absolute atomic E-state index is 0.273. The lowest BCUT2D eigenvalue weighted by atomic mass is 10.1. The van der Waals surface area contributed by atoms with Gasteiger partial charge in [-0.05, 0) is 17.2 Å². The summed E-state index contributed by atoms with van der Waals surface area (Å²) in [5.41, 5.74) is 3.68. The van der Waals surface area contributed by atoms with E-state index >= 15 is 0 Å². The van der Waals surface area contributed by atoms with Crippen LogP contribution in [0.1, 0.15) is 11.1 Å². The third kappa shape index (κ3) is 1.67. The van der Waals surface area contributed by atoms with Crippen LogP contribution in [0.5, 0.6) is 0 Å². The second kappa shape index (κ2) is 4.47. The Balaban J connectivity index is 2.44. The molecule has 2 aromatic carbocycles. The van der Waals surface area contributed by atoms with E-state index in [0.717, 1.165) is 22.3 Å². The highest BCUT2D eigenvalue weighted by Gasteiger charge is 2.29. The van der Waals surface area contributed by atoms with Gasteiger partial charge in [0.25, 0.3) is 0 Å². The quantitative estimate of drug-likeness (QED) is 0.323. The summed E-state index contributed by atoms with van der Waals surface area (Å²) in [6.45, 7) is 0. The third-order valence-electron chi connectivity index (χ3n) is 3.08. The van der Waals surface area contributed by atoms with Crippen LogP contribution < -0.4 is 0 Å². The van der Waals surface area contributed by atoms with Gasteiger partial charge < -0.3 is 0 Å². The van der Waals surface area contributed by atoms with Crippen molar-refractivity contribution in [1.29, 1.82) is 0 Å². The predicted molar refractivity (Wildman–Crippen MR) is 79.7 cm³/mol. The molecule has 0 fully saturated rings. The first-order valence-electron chi connectivity index (χ1n) is 5.15. The molecule has 92 valence electrons. The van der Waals surface area contributed by atoms with Crippen LogP contribution >= 0.6 is 58.0 Å². The SMILES string of the molecule is Clc1cccc2c1-c1c(Cl)c(Cl)c(Cl)c(Cl)c1C2. The highest BCUT2D eigenvalue weighted by molar-refractivity contribution is 6.53. The van der Waals surface area contributed by atoms with E-state index in [2.05, 4.69) is 0 Å². The molecule has 0 spiro atoms. The molecule has 3 rings (SSSR count). The summed E-state index contributed by atoms with van der Waals surface area (Å²) in [6.07, 6.45) is 0.667. The van der Waals surface area contributed by atoms with E-state index in [1.54, 1.807) is 0 Å². The Morgan fingerprint density at radius 2 is 1.39 bits per heavy atom. The fraction of sp³-hybridized carbons (Fsp3) is 0.0769. The molecule has 0 aliphatic heterocycles. The van der Waals surface area contributed by atoms with Crippen molar-refractivity contribution in [2.75, 3.05) is 0 Å². The lowest BCUT2D eigenvalue weighted by molar-refractivity contribution is 1.26. The van der Waals surface area contributed by atoms with E-state index in [4.69, 9.17) is 58.0 Å². The molecule has 1 aliphatic rings. The molecule has 0 radical (unpaired) electrons. The maximum Gasteiger partial charge on any atom is 0.0800 e. The molecule has 0 bridgehead atoms. The molecule has 0 nitrogen and oxygen atoms in total. The van der Waals surface area contributed by atoms with Crippen molar-refractivity contribution in [2.24, 2.45) is 0 Å². The van der Waals surface area contributed by atoms with Crippen LogP contribution in [0.3, 0.4) is 0 Å². The predicted octanol–water partition coefficient (Wildman–Crippen LogP) is 6.52. The zero-order valence-corrected chi connectivity index (χ0v) is 12.6. The van der Waals surface area contributed by atoms with Gasteiger partial charge in [0.15, 0.2) is 0 Å². The Morgan fingerprint density at radius 1 is 0.722 bits per heavy atom. The maximum atomic E-state index is 6.28. The summed E-state index contributed by atoms with van der Waals surface area (Å²) in [4.78, 5) is 0. The Bertz CT molecular complexity index is 676. The minimum Gasteiger partial charge on any atom is -0.0837 e. The van der Waals surface area contributed by atoms with Crippen LogP contribution in [0.25, 0.3) is 11.1 Å². The smallest absolute Gasteiger partial charge is 0.0800 e. The normalized spacial score (nSPS) is 12.5. The van der Waals surface area contributed by atoms with E-state index in [9.17, 15) is 0 Å². The summed E-state index contributed by atoms with van der Waals surface area (Å²) in [6, 6.07) is 5.72. The molecule has 18 heavy (non-hydrogen) atoms. The van der Waals surface area contributed by atoms with Gasteiger partial charge in [-0.2, -0.15) is 0 Å². The van der Waals surface area contributed by atoms with Crippen LogP contribution in [-0.4, -0.2) is 0 Å². The van der Waals surface area contributed by atoms with Gasteiger partial charge in [-0.15, -0.1) is 0 Å². The average Bonchev–Trinajstić information content (AvgIpc) is 2.75. The molecule has 0 amide bonds. The van der Waals surface area contributed by atoms with Gasteiger partial charge in [0.2, 0.25) is 0 Å². The van der Waals surface area contributed by atoms with Crippen molar-refractivity contribution in [1.82, 2.24) is 0 Å². The first kappa shape index (κ1) is 12.9. The van der Waals surface area contributed by atoms with Gasteiger partial charge in [-0.1, -0.05) is 70.1 Å². The zero-order valence-electron chi connectivity index (χ0n) is 8.83. The molecule has 0 saturated heterocycles. The lowest BCUT2D eigenvalue weighted by Gasteiger charge is -2.11. The fourth-order valence-electron chi connectivity index (χ4n) is 2.29. The molecule has 0 heterocycles. The molecule has 2 aromatic rings. The second-order valence-corrected chi connectivity index (χ2v) is 5.98. The Kier molecular flexibility index (Phi) is 3.20. The fourth-order valence-corrected chi connectivity index (χ4v) is 3.63. The van der Waals surface area contributed by atoms with Crippen LogP contribution in [0.15, 0.2) is 18.2 Å². The van der Waals surface area contributed by atoms with Gasteiger partial charge in [0.1, 0.15) is 0 Å². The standard InChI is InChI=1S/C13H5Cl5/c14-7-3-1-2-5-4-6-9(8(5)7)11(16)13(18)12(17)10(6)15/h1-3H,4H2. The van der Waals surface area contributed by atoms with Crippen molar-refractivity contribution in [3.05, 3.63) is 54.4 Å². The summed E-state index contributed by atoms with van der Waals surface area (Å²) >= 11 is 30.9. The number of fused-ring (bicyclic) bond motifs is 3. The van der Waals surface area contributed by atoms with Gasteiger partial charge in [-0.25, -0.2) is 0 Å². The van der Waals surface area contributed by atoms with E-state index in [0.29, 0.717) is 26.5 Å². The second-order valence-electron chi connectivity index (χ2n) is 4.06. The molecule has 1 aliphatic carbocycles. The highest BCUT2D eigenvalue weighted by Crippen LogP contribution is 2.52. The van der Waals surface area contributed by atoms with Crippen molar-refractivity contribution in [2.45, 2.75) is 6.42 Å². The Labute approximate surface area is 129 Å². The number of benzene rings is 2. The zero-order chi connectivity index (χ0) is 13.0. The monoisotopic (exact) mass is 336 g/mol. The summed E-state index contributed by atoms with van der Waals surface area (Å²) in [5.74, 6) is 0. The number of halogens is 5. The molecule has 0 unspecified atom stereocenters. The molecule has 0 saturated carbocycles. The van der Waals surface area contributed by atoms with E-state index in [1.807, 2.05) is 18.2 Å². The third-order valence-corrected chi connectivity index (χ3v) is 5.24. The summed E-state index contributed by atoms with van der Waals surface area (Å²) < 4.78 is 0. The summed E-state index contributed by atoms with van der Waals surface area (Å²) in [5, 5.41) is 2.07. The number of rotatable bonds is 0. The summed E-state index contributed by atoms with van der Waals surface area (Å²) in [7, 11) is 0. The molecule has 0 atom stereocenters. The largest absolute Gasteiger partial charge is 0.0837 e. The van der Waals surface area contributed by atoms with E-state index in [-0.39, 0.29) is 5.02 Å². The minimum atomic E-state index is 0.273. The molecular formula is C13H5Cl5. The molecule has 0 aromatic heterocycles. The van der Waals surface area contributed by atoms with Gasteiger partial charge in [0, 0.05) is 22.6 Å². The maximum absolute atomic E-state index is 6.28. The topological polar surface area (TPSA) is 0 Å². The molecular weight excluding hydrogens is 333 g/mol. The van der Waals surface area contributed by atoms with Crippen molar-refractivity contribution in [3.8, 4) is 11.1 Å². The molecule has 5 heteroatoms. The van der Waals surface area contributed by atoms with Crippen LogP contribution in [-0.2, 0) is 6.42 Å².